The Bertz CT molecular complexity index is 373. The van der Waals surface area contributed by atoms with Gasteiger partial charge in [0.25, 0.3) is 0 Å². The normalized spacial score (nSPS) is 37.8. The minimum absolute atomic E-state index is 0.0245. The van der Waals surface area contributed by atoms with Crippen LogP contribution < -0.4 is 5.32 Å². The van der Waals surface area contributed by atoms with Crippen LogP contribution in [0.15, 0.2) is 0 Å². The highest BCUT2D eigenvalue weighted by molar-refractivity contribution is 5.77. The zero-order valence-electron chi connectivity index (χ0n) is 12.0. The Labute approximate surface area is 122 Å². The number of hydrogen-bond donors (Lipinski definition) is 1. The van der Waals surface area contributed by atoms with E-state index in [0.717, 1.165) is 19.3 Å². The van der Waals surface area contributed by atoms with Crippen LogP contribution in [0, 0.1) is 23.2 Å². The van der Waals surface area contributed by atoms with E-state index in [4.69, 9.17) is 4.74 Å². The van der Waals surface area contributed by atoms with Crippen molar-refractivity contribution in [1.29, 1.82) is 0 Å². The highest BCUT2D eigenvalue weighted by Crippen LogP contribution is 2.60. The SMILES string of the molecule is O=C(OCCNCC(F)(F)F)C12CC3CC(CC(C3)C1)C2. The van der Waals surface area contributed by atoms with E-state index in [0.29, 0.717) is 17.8 Å². The van der Waals surface area contributed by atoms with Gasteiger partial charge in [-0.2, -0.15) is 13.2 Å². The molecule has 1 N–H and O–H groups in total. The van der Waals surface area contributed by atoms with E-state index < -0.39 is 12.7 Å². The first-order chi connectivity index (χ1) is 9.86. The fourth-order valence-electron chi connectivity index (χ4n) is 4.96. The predicted molar refractivity (Wildman–Crippen MR) is 70.5 cm³/mol. The Morgan fingerprint density at radius 2 is 1.62 bits per heavy atom. The molecule has 21 heavy (non-hydrogen) atoms. The fourth-order valence-corrected chi connectivity index (χ4v) is 4.96. The van der Waals surface area contributed by atoms with E-state index in [1.165, 1.54) is 19.3 Å². The van der Waals surface area contributed by atoms with Gasteiger partial charge in [-0.05, 0) is 56.3 Å². The zero-order chi connectivity index (χ0) is 15.1. The van der Waals surface area contributed by atoms with E-state index in [9.17, 15) is 18.0 Å². The molecular formula is C15H22F3NO2. The summed E-state index contributed by atoms with van der Waals surface area (Å²) < 4.78 is 41.2. The van der Waals surface area contributed by atoms with Crippen molar-refractivity contribution in [3.8, 4) is 0 Å². The van der Waals surface area contributed by atoms with Gasteiger partial charge in [-0.25, -0.2) is 0 Å². The van der Waals surface area contributed by atoms with Crippen LogP contribution in [0.4, 0.5) is 13.2 Å². The number of ether oxygens (including phenoxy) is 1. The van der Waals surface area contributed by atoms with Crippen molar-refractivity contribution in [1.82, 2.24) is 5.32 Å². The lowest BCUT2D eigenvalue weighted by Crippen LogP contribution is -2.50. The van der Waals surface area contributed by atoms with Crippen LogP contribution >= 0.6 is 0 Å². The summed E-state index contributed by atoms with van der Waals surface area (Å²) in [6.45, 7) is -0.962. The van der Waals surface area contributed by atoms with Crippen molar-refractivity contribution >= 4 is 5.97 Å². The van der Waals surface area contributed by atoms with E-state index in [-0.39, 0.29) is 24.5 Å². The molecule has 0 aromatic carbocycles. The van der Waals surface area contributed by atoms with Gasteiger partial charge in [0, 0.05) is 6.54 Å². The first-order valence-corrected chi connectivity index (χ1v) is 7.81. The van der Waals surface area contributed by atoms with Gasteiger partial charge in [0.15, 0.2) is 0 Å². The molecule has 0 aliphatic heterocycles. The minimum Gasteiger partial charge on any atom is -0.464 e. The lowest BCUT2D eigenvalue weighted by molar-refractivity contribution is -0.171. The Balaban J connectivity index is 1.45. The first kappa shape index (κ1) is 15.1. The molecule has 4 fully saturated rings. The average molecular weight is 305 g/mol. The van der Waals surface area contributed by atoms with Gasteiger partial charge >= 0.3 is 12.1 Å². The fraction of sp³-hybridized carbons (Fsp3) is 0.933. The molecule has 120 valence electrons. The van der Waals surface area contributed by atoms with Crippen LogP contribution in [0.3, 0.4) is 0 Å². The predicted octanol–water partition coefficient (Wildman–Crippen LogP) is 2.90. The van der Waals surface area contributed by atoms with Crippen molar-refractivity contribution in [2.75, 3.05) is 19.7 Å². The molecule has 0 radical (unpaired) electrons. The molecule has 4 aliphatic rings. The highest BCUT2D eigenvalue weighted by atomic mass is 19.4. The number of alkyl halides is 3. The van der Waals surface area contributed by atoms with E-state index in [2.05, 4.69) is 5.32 Å². The summed E-state index contributed by atoms with van der Waals surface area (Å²) in [4.78, 5) is 12.4. The molecule has 0 unspecified atom stereocenters. The Kier molecular flexibility index (Phi) is 3.93. The number of carbonyl (C=O) groups excluding carboxylic acids is 1. The summed E-state index contributed by atoms with van der Waals surface area (Å²) in [5.41, 5.74) is -0.321. The number of nitrogens with one attached hydrogen (secondary N) is 1. The van der Waals surface area contributed by atoms with Crippen molar-refractivity contribution in [3.63, 3.8) is 0 Å². The van der Waals surface area contributed by atoms with Crippen LogP contribution in [0.25, 0.3) is 0 Å². The van der Waals surface area contributed by atoms with Crippen molar-refractivity contribution in [3.05, 3.63) is 0 Å². The summed E-state index contributed by atoms with van der Waals surface area (Å²) in [6.07, 6.45) is 2.30. The number of hydrogen-bond acceptors (Lipinski definition) is 3. The molecular weight excluding hydrogens is 283 g/mol. The molecule has 0 saturated heterocycles. The average Bonchev–Trinajstić information content (AvgIpc) is 2.35. The topological polar surface area (TPSA) is 38.3 Å². The lowest BCUT2D eigenvalue weighted by atomic mass is 9.49. The Hall–Kier alpha value is -0.780. The van der Waals surface area contributed by atoms with Crippen LogP contribution in [-0.4, -0.2) is 31.8 Å². The number of esters is 1. The molecule has 4 rings (SSSR count). The summed E-state index contributed by atoms with van der Waals surface area (Å²) in [6, 6.07) is 0. The van der Waals surface area contributed by atoms with Gasteiger partial charge in [0.2, 0.25) is 0 Å². The smallest absolute Gasteiger partial charge is 0.401 e. The minimum atomic E-state index is -4.22. The van der Waals surface area contributed by atoms with Crippen molar-refractivity contribution in [2.24, 2.45) is 23.2 Å². The molecule has 4 bridgehead atoms. The van der Waals surface area contributed by atoms with Gasteiger partial charge in [-0.1, -0.05) is 0 Å². The molecule has 6 heteroatoms. The summed E-state index contributed by atoms with van der Waals surface area (Å²) >= 11 is 0. The van der Waals surface area contributed by atoms with Crippen molar-refractivity contribution < 1.29 is 22.7 Å². The van der Waals surface area contributed by atoms with Gasteiger partial charge in [-0.15, -0.1) is 0 Å². The summed E-state index contributed by atoms with van der Waals surface area (Å²) in [5, 5.41) is 2.25. The molecule has 4 aliphatic carbocycles. The standard InChI is InChI=1S/C15H22F3NO2/c16-15(17,18)9-19-1-2-21-13(20)14-6-10-3-11(7-14)5-12(4-10)8-14/h10-12,19H,1-9H2. The largest absolute Gasteiger partial charge is 0.464 e. The molecule has 0 aromatic heterocycles. The van der Waals surface area contributed by atoms with Gasteiger partial charge in [-0.3, -0.25) is 4.79 Å². The van der Waals surface area contributed by atoms with Crippen LogP contribution in [-0.2, 0) is 9.53 Å². The maximum Gasteiger partial charge on any atom is 0.401 e. The second-order valence-corrected chi connectivity index (χ2v) is 7.13. The quantitative estimate of drug-likeness (QED) is 0.627. The summed E-state index contributed by atoms with van der Waals surface area (Å²) in [5.74, 6) is 1.81. The third kappa shape index (κ3) is 3.35. The Morgan fingerprint density at radius 1 is 1.10 bits per heavy atom. The maximum absolute atomic E-state index is 12.4. The second-order valence-electron chi connectivity index (χ2n) is 7.13. The maximum atomic E-state index is 12.4. The molecule has 0 heterocycles. The van der Waals surface area contributed by atoms with Crippen molar-refractivity contribution in [2.45, 2.75) is 44.7 Å². The lowest BCUT2D eigenvalue weighted by Gasteiger charge is -2.55. The van der Waals surface area contributed by atoms with Gasteiger partial charge < -0.3 is 10.1 Å². The number of halogens is 3. The number of rotatable bonds is 5. The van der Waals surface area contributed by atoms with Crippen LogP contribution in [0.5, 0.6) is 0 Å². The molecule has 0 atom stereocenters. The molecule has 0 amide bonds. The van der Waals surface area contributed by atoms with E-state index in [1.54, 1.807) is 0 Å². The molecule has 4 saturated carbocycles. The summed E-state index contributed by atoms with van der Waals surface area (Å²) in [7, 11) is 0. The number of carbonyl (C=O) groups is 1. The zero-order valence-corrected chi connectivity index (χ0v) is 12.0. The third-order valence-electron chi connectivity index (χ3n) is 5.31. The van der Waals surface area contributed by atoms with Crippen LogP contribution in [0.1, 0.15) is 38.5 Å². The third-order valence-corrected chi connectivity index (χ3v) is 5.31. The Morgan fingerprint density at radius 3 is 2.10 bits per heavy atom. The molecule has 0 aromatic rings. The molecule has 0 spiro atoms. The first-order valence-electron chi connectivity index (χ1n) is 7.81. The van der Waals surface area contributed by atoms with Crippen LogP contribution in [0.2, 0.25) is 0 Å². The highest BCUT2D eigenvalue weighted by Gasteiger charge is 2.55. The van der Waals surface area contributed by atoms with Gasteiger partial charge in [0.1, 0.15) is 6.61 Å². The molecule has 3 nitrogen and oxygen atoms in total. The monoisotopic (exact) mass is 305 g/mol. The second kappa shape index (κ2) is 5.45. The van der Waals surface area contributed by atoms with Gasteiger partial charge in [0.05, 0.1) is 12.0 Å². The van der Waals surface area contributed by atoms with E-state index in [1.807, 2.05) is 0 Å². The van der Waals surface area contributed by atoms with E-state index >= 15 is 0 Å².